The van der Waals surface area contributed by atoms with Gasteiger partial charge in [0.25, 0.3) is 0 Å². The van der Waals surface area contributed by atoms with Gasteiger partial charge in [-0.1, -0.05) is 0 Å². The van der Waals surface area contributed by atoms with E-state index in [1.54, 1.807) is 17.8 Å². The van der Waals surface area contributed by atoms with Gasteiger partial charge < -0.3 is 0 Å². The number of carbonyl (C=O) groups is 1. The Bertz CT molecular complexity index is 862. The fourth-order valence-corrected chi connectivity index (χ4v) is 3.08. The van der Waals surface area contributed by atoms with E-state index in [4.69, 9.17) is 4.74 Å². The molecule has 1 atom stereocenters. The summed E-state index contributed by atoms with van der Waals surface area (Å²) in [5, 5.41) is 7.76. The van der Waals surface area contributed by atoms with Crippen molar-refractivity contribution in [3.8, 4) is 0 Å². The molecule has 0 saturated heterocycles. The molecule has 2 aromatic carbocycles. The van der Waals surface area contributed by atoms with Crippen molar-refractivity contribution in [1.29, 1.82) is 0 Å². The summed E-state index contributed by atoms with van der Waals surface area (Å²) >= 11 is 1.52. The Labute approximate surface area is 155 Å². The van der Waals surface area contributed by atoms with Crippen molar-refractivity contribution in [3.63, 3.8) is 0 Å². The molecule has 3 aromatic rings. The maximum absolute atomic E-state index is 12.3. The molecule has 0 aliphatic rings. The summed E-state index contributed by atoms with van der Waals surface area (Å²) in [5.74, 6) is 0.274. The Kier molecular flexibility index (Phi) is 5.56. The van der Waals surface area contributed by atoms with E-state index >= 15 is 0 Å². The molecule has 0 aliphatic carbocycles. The average Bonchev–Trinajstić information content (AvgIpc) is 3.01. The Morgan fingerprint density at radius 2 is 1.88 bits per heavy atom. The monoisotopic (exact) mass is 397 g/mol. The first-order valence-electron chi connectivity index (χ1n) is 8.07. The second-order valence-electron chi connectivity index (χ2n) is 5.48. The van der Waals surface area contributed by atoms with E-state index in [-0.39, 0.29) is 5.97 Å². The third-order valence-electron chi connectivity index (χ3n) is 3.72. The van der Waals surface area contributed by atoms with Gasteiger partial charge in [0, 0.05) is 0 Å². The van der Waals surface area contributed by atoms with E-state index in [9.17, 15) is 4.79 Å². The van der Waals surface area contributed by atoms with Crippen molar-refractivity contribution in [3.05, 3.63) is 71.9 Å². The van der Waals surface area contributed by atoms with Gasteiger partial charge in [-0.05, 0) is 0 Å². The minimum atomic E-state index is -0.372. The Morgan fingerprint density at radius 1 is 1.16 bits per heavy atom. The van der Waals surface area contributed by atoms with Crippen molar-refractivity contribution in [2.75, 3.05) is 11.9 Å². The molecule has 1 heterocycles. The molecule has 0 bridgehead atoms. The van der Waals surface area contributed by atoms with Crippen LogP contribution >= 0.6 is 0 Å². The van der Waals surface area contributed by atoms with Crippen LogP contribution in [0.1, 0.15) is 22.8 Å². The number of nitrogens with one attached hydrogen (secondary N) is 1. The summed E-state index contributed by atoms with van der Waals surface area (Å²) in [7, 11) is 0. The second kappa shape index (κ2) is 8.04. The number of hydrogen-bond acceptors (Lipinski definition) is 4. The Hall–Kier alpha value is -2.52. The van der Waals surface area contributed by atoms with Crippen molar-refractivity contribution in [2.45, 2.75) is 13.5 Å². The molecule has 0 radical (unpaired) electrons. The van der Waals surface area contributed by atoms with Crippen LogP contribution in [0.4, 0.5) is 11.5 Å². The fraction of sp³-hybridized carbons (Fsp3) is 0.158. The third kappa shape index (κ3) is 4.12. The second-order valence-corrected chi connectivity index (χ2v) is 6.79. The summed E-state index contributed by atoms with van der Waals surface area (Å²) < 4.78 is 8.11. The quantitative estimate of drug-likeness (QED) is 0.512. The number of carbonyl (C=O) groups excluding carboxylic acids is 1. The molecule has 0 spiro atoms. The molecule has 1 N–H and O–H groups in total. The summed E-state index contributed by atoms with van der Waals surface area (Å²) in [5.41, 5.74) is 2.51. The van der Waals surface area contributed by atoms with Crippen LogP contribution in [0.5, 0.6) is 0 Å². The van der Waals surface area contributed by atoms with Gasteiger partial charge >= 0.3 is 155 Å². The number of anilines is 2. The number of rotatable bonds is 6. The van der Waals surface area contributed by atoms with Crippen LogP contribution in [-0.4, -0.2) is 39.2 Å². The van der Waals surface area contributed by atoms with E-state index in [0.29, 0.717) is 24.5 Å². The first-order chi connectivity index (χ1) is 12.2. The van der Waals surface area contributed by atoms with Crippen LogP contribution < -0.4 is 9.67 Å². The molecule has 1 aromatic heterocycles. The van der Waals surface area contributed by atoms with Gasteiger partial charge in [0.05, 0.1) is 0 Å². The molecule has 0 aliphatic heterocycles. The zero-order valence-electron chi connectivity index (χ0n) is 14.0. The minimum absolute atomic E-state index is 0.329. The zero-order valence-corrected chi connectivity index (χ0v) is 16.4. The van der Waals surface area contributed by atoms with E-state index in [2.05, 4.69) is 10.4 Å². The van der Waals surface area contributed by atoms with Gasteiger partial charge in [-0.3, -0.25) is 0 Å². The van der Waals surface area contributed by atoms with Crippen LogP contribution in [0.25, 0.3) is 0 Å². The van der Waals surface area contributed by atoms with Crippen LogP contribution in [0, 0.1) is 0 Å². The number of esters is 1. The molecule has 128 valence electrons. The van der Waals surface area contributed by atoms with E-state index in [0.717, 1.165) is 15.6 Å². The molecular formula is C19H20AsN3O2. The van der Waals surface area contributed by atoms with Crippen LogP contribution in [0.2, 0.25) is 0 Å². The predicted molar refractivity (Wildman–Crippen MR) is 102 cm³/mol. The molecule has 0 saturated carbocycles. The molecule has 0 amide bonds. The van der Waals surface area contributed by atoms with Crippen molar-refractivity contribution in [2.24, 2.45) is 0 Å². The predicted octanol–water partition coefficient (Wildman–Crippen LogP) is 2.11. The third-order valence-corrected chi connectivity index (χ3v) is 4.78. The number of para-hydroxylation sites is 1. The van der Waals surface area contributed by atoms with Crippen molar-refractivity contribution >= 4 is 38.7 Å². The number of nitrogens with zero attached hydrogens (tertiary/aromatic N) is 2. The van der Waals surface area contributed by atoms with Gasteiger partial charge in [0.15, 0.2) is 0 Å². The van der Waals surface area contributed by atoms with Gasteiger partial charge in [-0.2, -0.15) is 0 Å². The van der Waals surface area contributed by atoms with Gasteiger partial charge in [-0.25, -0.2) is 0 Å². The van der Waals surface area contributed by atoms with Crippen LogP contribution in [-0.2, 0) is 11.3 Å². The standard InChI is InChI=1S/C19H20AsN3O2/c1-2-25-19(24)15-12-21-23(13-14-8-4-3-5-9-14)18(15)22-17-11-7-6-10-16(17)20/h3-12,22H,2,13,20H2,1H3. The van der Waals surface area contributed by atoms with Gasteiger partial charge in [0.2, 0.25) is 0 Å². The summed E-state index contributed by atoms with van der Waals surface area (Å²) in [6, 6.07) is 18.0. The molecule has 3 rings (SSSR count). The first kappa shape index (κ1) is 17.3. The molecular weight excluding hydrogens is 377 g/mol. The van der Waals surface area contributed by atoms with Crippen molar-refractivity contribution in [1.82, 2.24) is 9.78 Å². The molecule has 25 heavy (non-hydrogen) atoms. The Morgan fingerprint density at radius 3 is 2.60 bits per heavy atom. The number of benzene rings is 2. The topological polar surface area (TPSA) is 56.1 Å². The first-order valence-corrected chi connectivity index (χ1v) is 9.28. The summed E-state index contributed by atoms with van der Waals surface area (Å²) in [4.78, 5) is 12.3. The SMILES string of the molecule is CCOC(=O)c1cnn(Cc2ccccc2)c1Nc1ccccc1[AsH2]. The van der Waals surface area contributed by atoms with Crippen LogP contribution in [0.3, 0.4) is 0 Å². The maximum atomic E-state index is 12.3. The van der Waals surface area contributed by atoms with Gasteiger partial charge in [0.1, 0.15) is 0 Å². The number of aromatic nitrogens is 2. The molecule has 0 fully saturated rings. The summed E-state index contributed by atoms with van der Waals surface area (Å²) in [6.45, 7) is 2.69. The fourth-order valence-electron chi connectivity index (χ4n) is 2.49. The molecule has 5 nitrogen and oxygen atoms in total. The number of ether oxygens (including phenoxy) is 1. The average molecular weight is 397 g/mol. The molecule has 1 unspecified atom stereocenters. The van der Waals surface area contributed by atoms with Gasteiger partial charge in [-0.15, -0.1) is 0 Å². The van der Waals surface area contributed by atoms with E-state index in [1.165, 1.54) is 16.9 Å². The number of hydrogen-bond donors (Lipinski definition) is 1. The molecule has 6 heteroatoms. The normalized spacial score (nSPS) is 10.5. The van der Waals surface area contributed by atoms with Crippen LogP contribution in [0.15, 0.2) is 60.8 Å². The Balaban J connectivity index is 1.97. The zero-order chi connectivity index (χ0) is 17.6. The van der Waals surface area contributed by atoms with E-state index < -0.39 is 0 Å². The van der Waals surface area contributed by atoms with E-state index in [1.807, 2.05) is 54.6 Å². The van der Waals surface area contributed by atoms with Crippen molar-refractivity contribution < 1.29 is 9.53 Å². The summed E-state index contributed by atoms with van der Waals surface area (Å²) in [6.07, 6.45) is 1.56.